The van der Waals surface area contributed by atoms with E-state index in [1.54, 1.807) is 12.3 Å². The topological polar surface area (TPSA) is 70.4 Å². The van der Waals surface area contributed by atoms with Crippen molar-refractivity contribution in [2.24, 2.45) is 0 Å². The lowest BCUT2D eigenvalue weighted by Gasteiger charge is -2.19. The summed E-state index contributed by atoms with van der Waals surface area (Å²) < 4.78 is 0. The van der Waals surface area contributed by atoms with Crippen LogP contribution in [0.3, 0.4) is 0 Å². The second kappa shape index (κ2) is 3.71. The molecule has 0 radical (unpaired) electrons. The number of aliphatic carboxylic acids is 1. The average Bonchev–Trinajstić information content (AvgIpc) is 3.02. The minimum Gasteiger partial charge on any atom is -0.479 e. The fourth-order valence-corrected chi connectivity index (χ4v) is 2.02. The molecule has 1 atom stereocenters. The van der Waals surface area contributed by atoms with Crippen molar-refractivity contribution in [1.82, 2.24) is 4.98 Å². The maximum atomic E-state index is 10.8. The fourth-order valence-electron chi connectivity index (χ4n) is 1.92. The van der Waals surface area contributed by atoms with Gasteiger partial charge in [0.2, 0.25) is 0 Å². The molecule has 86 valence electrons. The predicted octanol–water partition coefficient (Wildman–Crippen LogP) is 1.52. The minimum absolute atomic E-state index is 0.407. The van der Waals surface area contributed by atoms with Crippen molar-refractivity contribution in [2.45, 2.75) is 31.3 Å². The van der Waals surface area contributed by atoms with Gasteiger partial charge < -0.3 is 10.2 Å². The molecule has 0 amide bonds. The average molecular weight is 242 g/mol. The van der Waals surface area contributed by atoms with Gasteiger partial charge in [0.15, 0.2) is 6.10 Å². The number of carboxylic acids is 1. The quantitative estimate of drug-likeness (QED) is 0.788. The normalized spacial score (nSPS) is 19.2. The van der Waals surface area contributed by atoms with Gasteiger partial charge in [-0.1, -0.05) is 17.7 Å². The molecule has 0 spiro atoms. The van der Waals surface area contributed by atoms with E-state index < -0.39 is 17.5 Å². The fraction of sp³-hybridized carbons (Fsp3) is 0.455. The van der Waals surface area contributed by atoms with E-state index >= 15 is 0 Å². The largest absolute Gasteiger partial charge is 0.479 e. The smallest absolute Gasteiger partial charge is 0.333 e. The summed E-state index contributed by atoms with van der Waals surface area (Å²) in [6.07, 6.45) is 1.52. The highest BCUT2D eigenvalue weighted by Gasteiger charge is 2.53. The van der Waals surface area contributed by atoms with Crippen LogP contribution in [-0.4, -0.2) is 27.3 Å². The van der Waals surface area contributed by atoms with E-state index in [0.29, 0.717) is 18.0 Å². The van der Waals surface area contributed by atoms with E-state index in [1.807, 2.05) is 6.92 Å². The molecule has 16 heavy (non-hydrogen) atoms. The zero-order valence-corrected chi connectivity index (χ0v) is 9.53. The molecule has 5 heteroatoms. The summed E-state index contributed by atoms with van der Waals surface area (Å²) in [4.78, 5) is 14.8. The molecule has 2 rings (SSSR count). The molecule has 0 aliphatic heterocycles. The number of aliphatic hydroxyl groups is 1. The first kappa shape index (κ1) is 11.4. The zero-order chi connectivity index (χ0) is 11.9. The van der Waals surface area contributed by atoms with E-state index in [1.165, 1.54) is 0 Å². The van der Waals surface area contributed by atoms with Crippen molar-refractivity contribution in [3.05, 3.63) is 28.5 Å². The van der Waals surface area contributed by atoms with E-state index in [9.17, 15) is 9.90 Å². The summed E-state index contributed by atoms with van der Waals surface area (Å²) in [5.74, 6) is -1.19. The molecule has 0 saturated heterocycles. The number of hydrogen-bond acceptors (Lipinski definition) is 3. The number of aromatic nitrogens is 1. The van der Waals surface area contributed by atoms with Crippen LogP contribution >= 0.6 is 11.6 Å². The molecule has 1 unspecified atom stereocenters. The number of carboxylic acid groups (broad SMARTS) is 1. The third-order valence-electron chi connectivity index (χ3n) is 3.14. The molecule has 1 aromatic heterocycles. The second-order valence-corrected chi connectivity index (χ2v) is 4.59. The molecule has 4 nitrogen and oxygen atoms in total. The minimum atomic E-state index is -1.37. The Morgan fingerprint density at radius 2 is 2.25 bits per heavy atom. The molecule has 1 aliphatic carbocycles. The number of rotatable bonds is 3. The Hall–Kier alpha value is -1.13. The van der Waals surface area contributed by atoms with Crippen LogP contribution in [0.2, 0.25) is 5.15 Å². The summed E-state index contributed by atoms with van der Waals surface area (Å²) in [5, 5.41) is 18.9. The maximum absolute atomic E-state index is 10.8. The second-order valence-electron chi connectivity index (χ2n) is 4.23. The molecule has 0 aromatic carbocycles. The molecule has 1 heterocycles. The summed E-state index contributed by atoms with van der Waals surface area (Å²) >= 11 is 5.80. The first-order valence-corrected chi connectivity index (χ1v) is 5.39. The lowest BCUT2D eigenvalue weighted by molar-refractivity contribution is -0.148. The number of halogens is 1. The molecular weight excluding hydrogens is 230 g/mol. The Balaban J connectivity index is 2.37. The SMILES string of the molecule is Cc1cc(C2(C(O)C(=O)O)CC2)cnc1Cl. The third-order valence-corrected chi connectivity index (χ3v) is 3.53. The lowest BCUT2D eigenvalue weighted by atomic mass is 9.90. The van der Waals surface area contributed by atoms with Crippen molar-refractivity contribution in [1.29, 1.82) is 0 Å². The predicted molar refractivity (Wildman–Crippen MR) is 58.5 cm³/mol. The van der Waals surface area contributed by atoms with Gasteiger partial charge in [0.25, 0.3) is 0 Å². The van der Waals surface area contributed by atoms with Crippen LogP contribution in [0, 0.1) is 6.92 Å². The number of nitrogens with zero attached hydrogens (tertiary/aromatic N) is 1. The van der Waals surface area contributed by atoms with Crippen LogP contribution in [-0.2, 0) is 10.2 Å². The highest BCUT2D eigenvalue weighted by Crippen LogP contribution is 2.51. The highest BCUT2D eigenvalue weighted by atomic mass is 35.5. The van der Waals surface area contributed by atoms with Crippen molar-refractivity contribution in [3.63, 3.8) is 0 Å². The summed E-state index contributed by atoms with van der Waals surface area (Å²) in [6, 6.07) is 1.80. The Morgan fingerprint density at radius 3 is 2.69 bits per heavy atom. The molecule has 1 fully saturated rings. The standard InChI is InChI=1S/C11H12ClNO3/c1-6-4-7(5-13-9(6)12)11(2-3-11)8(14)10(15)16/h4-5,8,14H,2-3H2,1H3,(H,15,16). The molecule has 1 aliphatic rings. The number of hydrogen-bond donors (Lipinski definition) is 2. The number of aryl methyl sites for hydroxylation is 1. The Kier molecular flexibility index (Phi) is 2.64. The van der Waals surface area contributed by atoms with Gasteiger partial charge in [0.1, 0.15) is 5.15 Å². The lowest BCUT2D eigenvalue weighted by Crippen LogP contribution is -2.34. The van der Waals surface area contributed by atoms with Gasteiger partial charge in [-0.15, -0.1) is 0 Å². The van der Waals surface area contributed by atoms with Crippen LogP contribution in [0.1, 0.15) is 24.0 Å². The highest BCUT2D eigenvalue weighted by molar-refractivity contribution is 6.30. The molecule has 0 bridgehead atoms. The first-order chi connectivity index (χ1) is 7.47. The molecule has 1 aromatic rings. The first-order valence-electron chi connectivity index (χ1n) is 5.01. The van der Waals surface area contributed by atoms with Crippen molar-refractivity contribution < 1.29 is 15.0 Å². The number of pyridine rings is 1. The molecule has 2 N–H and O–H groups in total. The van der Waals surface area contributed by atoms with Crippen LogP contribution < -0.4 is 0 Å². The summed E-state index contributed by atoms with van der Waals surface area (Å²) in [6.45, 7) is 1.81. The van der Waals surface area contributed by atoms with Crippen molar-refractivity contribution in [2.75, 3.05) is 0 Å². The van der Waals surface area contributed by atoms with E-state index in [4.69, 9.17) is 16.7 Å². The van der Waals surface area contributed by atoms with Crippen LogP contribution in [0.5, 0.6) is 0 Å². The van der Waals surface area contributed by atoms with E-state index in [0.717, 1.165) is 11.1 Å². The van der Waals surface area contributed by atoms with Crippen LogP contribution in [0.4, 0.5) is 0 Å². The van der Waals surface area contributed by atoms with E-state index in [-0.39, 0.29) is 0 Å². The molecular formula is C11H12ClNO3. The van der Waals surface area contributed by atoms with Gasteiger partial charge >= 0.3 is 5.97 Å². The summed E-state index contributed by atoms with van der Waals surface area (Å²) in [7, 11) is 0. The zero-order valence-electron chi connectivity index (χ0n) is 8.77. The van der Waals surface area contributed by atoms with Crippen molar-refractivity contribution in [3.8, 4) is 0 Å². The summed E-state index contributed by atoms with van der Waals surface area (Å²) in [5.41, 5.74) is 0.890. The van der Waals surface area contributed by atoms with Crippen LogP contribution in [0.25, 0.3) is 0 Å². The van der Waals surface area contributed by atoms with Gasteiger partial charge in [-0.2, -0.15) is 0 Å². The van der Waals surface area contributed by atoms with Gasteiger partial charge in [-0.25, -0.2) is 9.78 Å². The maximum Gasteiger partial charge on any atom is 0.333 e. The number of carbonyl (C=O) groups is 1. The molecule has 1 saturated carbocycles. The monoisotopic (exact) mass is 241 g/mol. The Labute approximate surface area is 97.9 Å². The Morgan fingerprint density at radius 1 is 1.62 bits per heavy atom. The van der Waals surface area contributed by atoms with Crippen molar-refractivity contribution >= 4 is 17.6 Å². The number of aliphatic hydroxyl groups excluding tert-OH is 1. The van der Waals surface area contributed by atoms with Gasteiger partial charge in [0.05, 0.1) is 0 Å². The van der Waals surface area contributed by atoms with Gasteiger partial charge in [-0.3, -0.25) is 0 Å². The Bertz CT molecular complexity index is 443. The third kappa shape index (κ3) is 1.68. The van der Waals surface area contributed by atoms with Gasteiger partial charge in [0, 0.05) is 11.6 Å². The van der Waals surface area contributed by atoms with E-state index in [2.05, 4.69) is 4.98 Å². The van der Waals surface area contributed by atoms with Crippen LogP contribution in [0.15, 0.2) is 12.3 Å². The van der Waals surface area contributed by atoms with Gasteiger partial charge in [-0.05, 0) is 30.9 Å².